The maximum atomic E-state index is 3.51. The summed E-state index contributed by atoms with van der Waals surface area (Å²) in [6.07, 6.45) is 7.11. The molecule has 3 fully saturated rings. The quantitative estimate of drug-likeness (QED) is 0.853. The van der Waals surface area contributed by atoms with Crippen LogP contribution in [0.1, 0.15) is 46.0 Å². The van der Waals surface area contributed by atoms with Gasteiger partial charge in [-0.25, -0.2) is 0 Å². The number of hydrogen-bond acceptors (Lipinski definition) is 3. The first-order valence-electron chi connectivity index (χ1n) is 8.21. The maximum absolute atomic E-state index is 3.51. The lowest BCUT2D eigenvalue weighted by molar-refractivity contribution is 0.0689. The molecule has 2 heterocycles. The van der Waals surface area contributed by atoms with Crippen LogP contribution in [0.3, 0.4) is 0 Å². The van der Waals surface area contributed by atoms with Gasteiger partial charge in [-0.3, -0.25) is 4.90 Å². The number of nitrogens with one attached hydrogen (secondary N) is 1. The Morgan fingerprint density at radius 1 is 1.16 bits per heavy atom. The van der Waals surface area contributed by atoms with Gasteiger partial charge < -0.3 is 5.32 Å². The van der Waals surface area contributed by atoms with Crippen LogP contribution in [0.15, 0.2) is 0 Å². The Labute approximate surface area is 123 Å². The van der Waals surface area contributed by atoms with Gasteiger partial charge in [0.05, 0.1) is 0 Å². The molecule has 0 spiro atoms. The Balaban J connectivity index is 1.65. The predicted molar refractivity (Wildman–Crippen MR) is 84.8 cm³/mol. The summed E-state index contributed by atoms with van der Waals surface area (Å²) in [4.78, 5) is 2.93. The first-order valence-corrected chi connectivity index (χ1v) is 9.36. The lowest BCUT2D eigenvalue weighted by Crippen LogP contribution is -2.52. The van der Waals surface area contributed by atoms with Crippen molar-refractivity contribution in [1.82, 2.24) is 10.2 Å². The maximum Gasteiger partial charge on any atom is 0.0240 e. The van der Waals surface area contributed by atoms with Crippen molar-refractivity contribution in [3.8, 4) is 0 Å². The van der Waals surface area contributed by atoms with Crippen molar-refractivity contribution < 1.29 is 0 Å². The molecule has 3 rings (SSSR count). The molecule has 0 aromatic carbocycles. The summed E-state index contributed by atoms with van der Waals surface area (Å²) in [6, 6.07) is 1.76. The Morgan fingerprint density at radius 2 is 1.89 bits per heavy atom. The monoisotopic (exact) mass is 282 g/mol. The van der Waals surface area contributed by atoms with E-state index < -0.39 is 0 Å². The highest BCUT2D eigenvalue weighted by Crippen LogP contribution is 2.42. The molecule has 1 aliphatic carbocycles. The van der Waals surface area contributed by atoms with Gasteiger partial charge in [-0.05, 0) is 62.3 Å². The Bertz CT molecular complexity index is 295. The standard InChI is InChI=1S/C16H30N2S/c1-16(2)7-10-19-12-15(16)18(14-3-4-14)11-13-5-8-17-9-6-13/h13-15,17H,3-12H2,1-2H3. The molecule has 0 aromatic heterocycles. The number of nitrogens with zero attached hydrogens (tertiary/aromatic N) is 1. The van der Waals surface area contributed by atoms with Crippen LogP contribution in [-0.4, -0.2) is 48.1 Å². The summed E-state index contributed by atoms with van der Waals surface area (Å²) >= 11 is 2.19. The zero-order valence-corrected chi connectivity index (χ0v) is 13.5. The molecule has 2 aliphatic heterocycles. The van der Waals surface area contributed by atoms with Crippen LogP contribution in [0.5, 0.6) is 0 Å². The second kappa shape index (κ2) is 5.95. The second-order valence-corrected chi connectivity index (χ2v) is 8.60. The number of hydrogen-bond donors (Lipinski definition) is 1. The molecular formula is C16H30N2S. The highest BCUT2D eigenvalue weighted by molar-refractivity contribution is 7.99. The number of rotatable bonds is 4. The van der Waals surface area contributed by atoms with Crippen LogP contribution in [0.25, 0.3) is 0 Å². The summed E-state index contributed by atoms with van der Waals surface area (Å²) in [7, 11) is 0. The van der Waals surface area contributed by atoms with E-state index in [0.29, 0.717) is 5.41 Å². The third-order valence-electron chi connectivity index (χ3n) is 5.41. The first-order chi connectivity index (χ1) is 9.17. The zero-order valence-electron chi connectivity index (χ0n) is 12.7. The molecule has 1 atom stereocenters. The van der Waals surface area contributed by atoms with E-state index in [4.69, 9.17) is 0 Å². The lowest BCUT2D eigenvalue weighted by atomic mass is 9.80. The fraction of sp³-hybridized carbons (Fsp3) is 1.00. The van der Waals surface area contributed by atoms with Crippen molar-refractivity contribution in [3.05, 3.63) is 0 Å². The minimum atomic E-state index is 0.529. The smallest absolute Gasteiger partial charge is 0.0240 e. The van der Waals surface area contributed by atoms with Crippen molar-refractivity contribution in [2.45, 2.75) is 58.0 Å². The third kappa shape index (κ3) is 3.48. The molecule has 2 saturated heterocycles. The van der Waals surface area contributed by atoms with E-state index in [1.807, 2.05) is 0 Å². The average molecular weight is 282 g/mol. The van der Waals surface area contributed by atoms with E-state index in [1.54, 1.807) is 0 Å². The lowest BCUT2D eigenvalue weighted by Gasteiger charge is -2.46. The van der Waals surface area contributed by atoms with Crippen molar-refractivity contribution in [3.63, 3.8) is 0 Å². The third-order valence-corrected chi connectivity index (χ3v) is 6.46. The minimum Gasteiger partial charge on any atom is -0.317 e. The molecular weight excluding hydrogens is 252 g/mol. The number of piperidine rings is 1. The largest absolute Gasteiger partial charge is 0.317 e. The highest BCUT2D eigenvalue weighted by atomic mass is 32.2. The SMILES string of the molecule is CC1(C)CCSCC1N(CC1CCNCC1)C1CC1. The van der Waals surface area contributed by atoms with Gasteiger partial charge in [0.15, 0.2) is 0 Å². The fourth-order valence-corrected chi connectivity index (χ4v) is 5.47. The van der Waals surface area contributed by atoms with Gasteiger partial charge in [-0.1, -0.05) is 13.8 Å². The zero-order chi connectivity index (χ0) is 13.3. The van der Waals surface area contributed by atoms with E-state index in [2.05, 4.69) is 35.8 Å². The molecule has 0 amide bonds. The molecule has 0 bridgehead atoms. The molecule has 2 nitrogen and oxygen atoms in total. The van der Waals surface area contributed by atoms with E-state index in [9.17, 15) is 0 Å². The van der Waals surface area contributed by atoms with E-state index in [0.717, 1.165) is 18.0 Å². The topological polar surface area (TPSA) is 15.3 Å². The molecule has 0 aromatic rings. The highest BCUT2D eigenvalue weighted by Gasteiger charge is 2.43. The summed E-state index contributed by atoms with van der Waals surface area (Å²) < 4.78 is 0. The Kier molecular flexibility index (Phi) is 4.45. The molecule has 1 saturated carbocycles. The summed E-state index contributed by atoms with van der Waals surface area (Å²) in [5, 5.41) is 3.51. The van der Waals surface area contributed by atoms with Gasteiger partial charge in [-0.2, -0.15) is 11.8 Å². The van der Waals surface area contributed by atoms with Crippen molar-refractivity contribution >= 4 is 11.8 Å². The molecule has 110 valence electrons. The van der Waals surface area contributed by atoms with Gasteiger partial charge >= 0.3 is 0 Å². The van der Waals surface area contributed by atoms with Crippen molar-refractivity contribution in [2.75, 3.05) is 31.1 Å². The molecule has 3 heteroatoms. The Hall–Kier alpha value is 0.270. The summed E-state index contributed by atoms with van der Waals surface area (Å²) in [5.41, 5.74) is 0.529. The van der Waals surface area contributed by atoms with Crippen LogP contribution in [0.4, 0.5) is 0 Å². The second-order valence-electron chi connectivity index (χ2n) is 7.45. The van der Waals surface area contributed by atoms with Gasteiger partial charge in [-0.15, -0.1) is 0 Å². The van der Waals surface area contributed by atoms with E-state index in [1.165, 1.54) is 63.2 Å². The van der Waals surface area contributed by atoms with Gasteiger partial charge in [0.1, 0.15) is 0 Å². The van der Waals surface area contributed by atoms with E-state index >= 15 is 0 Å². The van der Waals surface area contributed by atoms with E-state index in [-0.39, 0.29) is 0 Å². The van der Waals surface area contributed by atoms with Gasteiger partial charge in [0, 0.05) is 24.4 Å². The van der Waals surface area contributed by atoms with Crippen LogP contribution in [-0.2, 0) is 0 Å². The predicted octanol–water partition coefficient (Wildman–Crippen LogP) is 2.98. The molecule has 3 aliphatic rings. The van der Waals surface area contributed by atoms with Gasteiger partial charge in [0.25, 0.3) is 0 Å². The Morgan fingerprint density at radius 3 is 2.53 bits per heavy atom. The van der Waals surface area contributed by atoms with Crippen LogP contribution >= 0.6 is 11.8 Å². The number of thioether (sulfide) groups is 1. The molecule has 1 unspecified atom stereocenters. The van der Waals surface area contributed by atoms with Crippen LogP contribution < -0.4 is 5.32 Å². The first kappa shape index (κ1) is 14.2. The molecule has 19 heavy (non-hydrogen) atoms. The minimum absolute atomic E-state index is 0.529. The van der Waals surface area contributed by atoms with Crippen LogP contribution in [0, 0.1) is 11.3 Å². The van der Waals surface area contributed by atoms with Gasteiger partial charge in [0.2, 0.25) is 0 Å². The summed E-state index contributed by atoms with van der Waals surface area (Å²) in [5.74, 6) is 3.69. The molecule has 1 N–H and O–H groups in total. The average Bonchev–Trinajstić information content (AvgIpc) is 3.22. The normalized spacial score (nSPS) is 32.7. The van der Waals surface area contributed by atoms with Crippen molar-refractivity contribution in [2.24, 2.45) is 11.3 Å². The van der Waals surface area contributed by atoms with Crippen LogP contribution in [0.2, 0.25) is 0 Å². The fourth-order valence-electron chi connectivity index (χ4n) is 3.77. The summed E-state index contributed by atoms with van der Waals surface area (Å²) in [6.45, 7) is 8.88. The molecule has 0 radical (unpaired) electrons. The van der Waals surface area contributed by atoms with Crippen molar-refractivity contribution in [1.29, 1.82) is 0 Å².